The van der Waals surface area contributed by atoms with E-state index < -0.39 is 0 Å². The van der Waals surface area contributed by atoms with E-state index in [4.69, 9.17) is 14.5 Å². The lowest BCUT2D eigenvalue weighted by Gasteiger charge is -2.32. The Hall–Kier alpha value is -2.77. The van der Waals surface area contributed by atoms with Gasteiger partial charge in [-0.15, -0.1) is 0 Å². The summed E-state index contributed by atoms with van der Waals surface area (Å²) in [5, 5.41) is 7.47. The van der Waals surface area contributed by atoms with Gasteiger partial charge in [0.25, 0.3) is 0 Å². The Kier molecular flexibility index (Phi) is 5.60. The van der Waals surface area contributed by atoms with Gasteiger partial charge in [-0.2, -0.15) is 5.10 Å². The minimum absolute atomic E-state index is 0.494. The Balaban J connectivity index is 1.81. The summed E-state index contributed by atoms with van der Waals surface area (Å²) in [5.41, 5.74) is 2.53. The molecule has 8 heteroatoms. The number of nitrogens with zero attached hydrogens (tertiary/aromatic N) is 5. The number of aromatic nitrogens is 3. The van der Waals surface area contributed by atoms with Crippen LogP contribution in [-0.2, 0) is 26.6 Å². The molecule has 0 fully saturated rings. The lowest BCUT2D eigenvalue weighted by Crippen LogP contribution is -2.44. The van der Waals surface area contributed by atoms with Crippen LogP contribution >= 0.6 is 0 Å². The van der Waals surface area contributed by atoms with Crippen LogP contribution in [0.3, 0.4) is 0 Å². The van der Waals surface area contributed by atoms with Crippen LogP contribution in [0.15, 0.2) is 23.5 Å². The fourth-order valence-corrected chi connectivity index (χ4v) is 3.10. The fraction of sp³-hybridized carbons (Fsp3) is 0.500. The van der Waals surface area contributed by atoms with Crippen molar-refractivity contribution in [2.24, 2.45) is 12.0 Å². The molecule has 0 saturated carbocycles. The molecule has 0 amide bonds. The Morgan fingerprint density at radius 2 is 1.96 bits per heavy atom. The predicted octanol–water partition coefficient (Wildman–Crippen LogP) is 1.36. The van der Waals surface area contributed by atoms with E-state index in [1.807, 2.05) is 7.05 Å². The van der Waals surface area contributed by atoms with Crippen LogP contribution in [-0.4, -0.2) is 52.9 Å². The molecule has 1 aromatic heterocycles. The van der Waals surface area contributed by atoms with Gasteiger partial charge in [0.05, 0.1) is 14.2 Å². The quantitative estimate of drug-likeness (QED) is 0.642. The molecule has 8 nitrogen and oxygen atoms in total. The van der Waals surface area contributed by atoms with Gasteiger partial charge in [0.2, 0.25) is 0 Å². The van der Waals surface area contributed by atoms with Crippen LogP contribution in [0.25, 0.3) is 0 Å². The van der Waals surface area contributed by atoms with E-state index in [2.05, 4.69) is 39.4 Å². The zero-order valence-electron chi connectivity index (χ0n) is 15.8. The Morgan fingerprint density at radius 1 is 1.23 bits per heavy atom. The molecular formula is C18H26N6O2. The summed E-state index contributed by atoms with van der Waals surface area (Å²) in [6.45, 7) is 5.05. The molecule has 0 aliphatic carbocycles. The summed E-state index contributed by atoms with van der Waals surface area (Å²) >= 11 is 0. The first kappa shape index (κ1) is 18.0. The summed E-state index contributed by atoms with van der Waals surface area (Å²) in [5.74, 6) is 3.26. The molecule has 0 spiro atoms. The lowest BCUT2D eigenvalue weighted by atomic mass is 9.99. The molecule has 3 rings (SSSR count). The van der Waals surface area contributed by atoms with E-state index in [0.717, 1.165) is 49.3 Å². The van der Waals surface area contributed by atoms with Gasteiger partial charge in [0, 0.05) is 26.7 Å². The summed E-state index contributed by atoms with van der Waals surface area (Å²) < 4.78 is 12.6. The normalized spacial score (nSPS) is 14.2. The summed E-state index contributed by atoms with van der Waals surface area (Å²) in [6.07, 6.45) is 2.48. The SMILES string of the molecule is CCNC(=NCc1ncnn1C)N1CCc2cc(OC)c(OC)cc2C1. The number of fused-ring (bicyclic) bond motifs is 1. The smallest absolute Gasteiger partial charge is 0.194 e. The van der Waals surface area contributed by atoms with E-state index in [1.165, 1.54) is 11.1 Å². The van der Waals surface area contributed by atoms with Gasteiger partial charge in [0.1, 0.15) is 18.7 Å². The van der Waals surface area contributed by atoms with Crippen molar-refractivity contribution >= 4 is 5.96 Å². The van der Waals surface area contributed by atoms with Crippen molar-refractivity contribution in [3.05, 3.63) is 35.4 Å². The van der Waals surface area contributed by atoms with Crippen molar-refractivity contribution < 1.29 is 9.47 Å². The lowest BCUT2D eigenvalue weighted by molar-refractivity contribution is 0.346. The number of rotatable bonds is 5. The largest absolute Gasteiger partial charge is 0.493 e. The van der Waals surface area contributed by atoms with Crippen LogP contribution < -0.4 is 14.8 Å². The van der Waals surface area contributed by atoms with Gasteiger partial charge in [-0.1, -0.05) is 0 Å². The van der Waals surface area contributed by atoms with Crippen molar-refractivity contribution in [1.29, 1.82) is 0 Å². The maximum Gasteiger partial charge on any atom is 0.194 e. The molecule has 2 heterocycles. The van der Waals surface area contributed by atoms with Crippen LogP contribution in [0, 0.1) is 0 Å². The maximum absolute atomic E-state index is 5.45. The average Bonchev–Trinajstić information content (AvgIpc) is 3.08. The summed E-state index contributed by atoms with van der Waals surface area (Å²) in [4.78, 5) is 11.2. The van der Waals surface area contributed by atoms with Crippen molar-refractivity contribution in [1.82, 2.24) is 25.0 Å². The molecule has 26 heavy (non-hydrogen) atoms. The molecule has 1 aliphatic rings. The monoisotopic (exact) mass is 358 g/mol. The molecule has 0 bridgehead atoms. The molecular weight excluding hydrogens is 332 g/mol. The second-order valence-electron chi connectivity index (χ2n) is 6.12. The number of guanidine groups is 1. The summed E-state index contributed by atoms with van der Waals surface area (Å²) in [6, 6.07) is 4.14. The average molecular weight is 358 g/mol. The second-order valence-corrected chi connectivity index (χ2v) is 6.12. The molecule has 2 aromatic rings. The molecule has 1 N–H and O–H groups in total. The third-order valence-corrected chi connectivity index (χ3v) is 4.53. The van der Waals surface area contributed by atoms with E-state index in [-0.39, 0.29) is 0 Å². The van der Waals surface area contributed by atoms with Gasteiger partial charge in [-0.25, -0.2) is 9.98 Å². The highest BCUT2D eigenvalue weighted by Crippen LogP contribution is 2.33. The number of benzene rings is 1. The highest BCUT2D eigenvalue weighted by Gasteiger charge is 2.21. The molecule has 0 radical (unpaired) electrons. The van der Waals surface area contributed by atoms with Gasteiger partial charge in [-0.3, -0.25) is 4.68 Å². The molecule has 0 atom stereocenters. The van der Waals surface area contributed by atoms with Crippen molar-refractivity contribution in [2.75, 3.05) is 27.3 Å². The topological polar surface area (TPSA) is 76.8 Å². The number of aryl methyl sites for hydroxylation is 1. The van der Waals surface area contributed by atoms with Crippen LogP contribution in [0.1, 0.15) is 23.9 Å². The van der Waals surface area contributed by atoms with Gasteiger partial charge >= 0.3 is 0 Å². The first-order valence-corrected chi connectivity index (χ1v) is 8.76. The van der Waals surface area contributed by atoms with Gasteiger partial charge in [-0.05, 0) is 36.6 Å². The zero-order valence-corrected chi connectivity index (χ0v) is 15.8. The predicted molar refractivity (Wildman–Crippen MR) is 99.5 cm³/mol. The Bertz CT molecular complexity index is 786. The Labute approximate surface area is 153 Å². The zero-order chi connectivity index (χ0) is 18.5. The number of hydrogen-bond donors (Lipinski definition) is 1. The van der Waals surface area contributed by atoms with Crippen molar-refractivity contribution in [2.45, 2.75) is 26.4 Å². The van der Waals surface area contributed by atoms with Crippen molar-refractivity contribution in [3.63, 3.8) is 0 Å². The van der Waals surface area contributed by atoms with E-state index in [1.54, 1.807) is 25.2 Å². The fourth-order valence-electron chi connectivity index (χ4n) is 3.10. The number of nitrogens with one attached hydrogen (secondary N) is 1. The molecule has 0 unspecified atom stereocenters. The standard InChI is InChI=1S/C18H26N6O2/c1-5-19-18(20-10-17-21-12-22-23(17)2)24-7-6-13-8-15(25-3)16(26-4)9-14(13)11-24/h8-9,12H,5-7,10-11H2,1-4H3,(H,19,20). The molecule has 1 aromatic carbocycles. The van der Waals surface area contributed by atoms with E-state index in [0.29, 0.717) is 6.54 Å². The Morgan fingerprint density at radius 3 is 2.58 bits per heavy atom. The van der Waals surface area contributed by atoms with Gasteiger partial charge < -0.3 is 19.7 Å². The number of ether oxygens (including phenoxy) is 2. The van der Waals surface area contributed by atoms with E-state index in [9.17, 15) is 0 Å². The third kappa shape index (κ3) is 3.74. The highest BCUT2D eigenvalue weighted by molar-refractivity contribution is 5.80. The number of methoxy groups -OCH3 is 2. The maximum atomic E-state index is 5.45. The molecule has 1 aliphatic heterocycles. The third-order valence-electron chi connectivity index (χ3n) is 4.53. The van der Waals surface area contributed by atoms with Crippen LogP contribution in [0.4, 0.5) is 0 Å². The van der Waals surface area contributed by atoms with Crippen molar-refractivity contribution in [3.8, 4) is 11.5 Å². The second kappa shape index (κ2) is 8.07. The highest BCUT2D eigenvalue weighted by atomic mass is 16.5. The van der Waals surface area contributed by atoms with Gasteiger partial charge in [0.15, 0.2) is 17.5 Å². The first-order valence-electron chi connectivity index (χ1n) is 8.76. The van der Waals surface area contributed by atoms with Crippen LogP contribution in [0.2, 0.25) is 0 Å². The molecule has 0 saturated heterocycles. The minimum atomic E-state index is 0.494. The number of hydrogen-bond acceptors (Lipinski definition) is 5. The minimum Gasteiger partial charge on any atom is -0.493 e. The number of aliphatic imine (C=N–C) groups is 1. The summed E-state index contributed by atoms with van der Waals surface area (Å²) in [7, 11) is 5.21. The van der Waals surface area contributed by atoms with Crippen LogP contribution in [0.5, 0.6) is 11.5 Å². The first-order chi connectivity index (χ1) is 12.7. The van der Waals surface area contributed by atoms with E-state index >= 15 is 0 Å². The molecule has 140 valence electrons.